The molecule has 0 bridgehead atoms. The van der Waals surface area contributed by atoms with E-state index in [1.54, 1.807) is 24.8 Å². The van der Waals surface area contributed by atoms with E-state index < -0.39 is 12.1 Å². The van der Waals surface area contributed by atoms with Crippen molar-refractivity contribution < 1.29 is 27.9 Å². The summed E-state index contributed by atoms with van der Waals surface area (Å²) in [5.74, 6) is -1.58. The molecule has 8 nitrogen and oxygen atoms in total. The van der Waals surface area contributed by atoms with Gasteiger partial charge in [-0.15, -0.1) is 0 Å². The minimum Gasteiger partial charge on any atom is -0.475 e. The van der Waals surface area contributed by atoms with Crippen molar-refractivity contribution in [1.29, 1.82) is 0 Å². The van der Waals surface area contributed by atoms with Crippen molar-refractivity contribution in [1.82, 2.24) is 19.5 Å². The summed E-state index contributed by atoms with van der Waals surface area (Å²) in [7, 11) is 0. The van der Waals surface area contributed by atoms with Gasteiger partial charge in [-0.05, 0) is 74.1 Å². The Labute approximate surface area is 222 Å². The highest BCUT2D eigenvalue weighted by Gasteiger charge is 2.38. The molecule has 0 aliphatic heterocycles. The normalized spacial score (nSPS) is 12.8. The number of hydrogen-bond donors (Lipinski definition) is 2. The first-order valence-electron chi connectivity index (χ1n) is 12.1. The van der Waals surface area contributed by atoms with Gasteiger partial charge in [-0.1, -0.05) is 6.07 Å². The Balaban J connectivity index is 0.000000448. The molecule has 3 heterocycles. The predicted octanol–water partition coefficient (Wildman–Crippen LogP) is 5.92. The number of halogens is 3. The SMILES string of the molecule is Cc1ccc(NC(=O)c2cc(-c3cnc(-c4cccnc4)nc3)cn2CC2CC2)cc1C.O=C(O)C(F)(F)F. The average molecular weight is 538 g/mol. The van der Waals surface area contributed by atoms with Crippen molar-refractivity contribution >= 4 is 17.6 Å². The summed E-state index contributed by atoms with van der Waals surface area (Å²) in [5.41, 5.74) is 6.52. The number of hydrogen-bond acceptors (Lipinski definition) is 5. The third-order valence-electron chi connectivity index (χ3n) is 6.19. The van der Waals surface area contributed by atoms with Crippen LogP contribution in [0.3, 0.4) is 0 Å². The number of anilines is 1. The lowest BCUT2D eigenvalue weighted by molar-refractivity contribution is -0.192. The average Bonchev–Trinajstić information content (AvgIpc) is 3.62. The number of aliphatic carboxylic acids is 1. The molecule has 0 unspecified atom stereocenters. The standard InChI is InChI=1S/C26H25N5O.C2HF3O2/c1-17-5-8-23(10-18(17)2)30-26(32)24-11-21(16-31(24)15-19-6-7-19)22-13-28-25(29-14-22)20-4-3-9-27-12-20;3-2(4,5)1(6)7/h3-5,8-14,16,19H,6-7,15H2,1-2H3,(H,30,32);(H,6,7). The molecule has 1 aliphatic rings. The maximum atomic E-state index is 13.1. The molecule has 3 aromatic heterocycles. The van der Waals surface area contributed by atoms with Crippen molar-refractivity contribution in [3.05, 3.63) is 84.2 Å². The van der Waals surface area contributed by atoms with Crippen LogP contribution < -0.4 is 5.32 Å². The van der Waals surface area contributed by atoms with E-state index >= 15 is 0 Å². The number of carbonyl (C=O) groups excluding carboxylic acids is 1. The van der Waals surface area contributed by atoms with Crippen LogP contribution in [0, 0.1) is 19.8 Å². The maximum Gasteiger partial charge on any atom is 0.490 e. The number of nitrogens with one attached hydrogen (secondary N) is 1. The Bertz CT molecular complexity index is 1460. The largest absolute Gasteiger partial charge is 0.490 e. The van der Waals surface area contributed by atoms with E-state index in [2.05, 4.69) is 31.8 Å². The van der Waals surface area contributed by atoms with Crippen molar-refractivity contribution in [2.45, 2.75) is 39.4 Å². The number of aryl methyl sites for hydroxylation is 2. The van der Waals surface area contributed by atoms with Gasteiger partial charge in [0.15, 0.2) is 5.82 Å². The second-order valence-electron chi connectivity index (χ2n) is 9.30. The van der Waals surface area contributed by atoms with Gasteiger partial charge >= 0.3 is 12.1 Å². The van der Waals surface area contributed by atoms with Crippen LogP contribution in [0.5, 0.6) is 0 Å². The zero-order chi connectivity index (χ0) is 28.2. The number of rotatable bonds is 6. The lowest BCUT2D eigenvalue weighted by atomic mass is 10.1. The van der Waals surface area contributed by atoms with Crippen molar-refractivity contribution in [2.24, 2.45) is 5.92 Å². The topological polar surface area (TPSA) is 110 Å². The molecule has 1 aromatic carbocycles. The molecule has 202 valence electrons. The molecule has 0 spiro atoms. The van der Waals surface area contributed by atoms with E-state index in [-0.39, 0.29) is 5.91 Å². The third kappa shape index (κ3) is 7.28. The second-order valence-corrected chi connectivity index (χ2v) is 9.30. The minimum absolute atomic E-state index is 0.104. The van der Waals surface area contributed by atoms with Crippen molar-refractivity contribution in [3.8, 4) is 22.5 Å². The van der Waals surface area contributed by atoms with Gasteiger partial charge in [-0.2, -0.15) is 13.2 Å². The molecule has 2 N–H and O–H groups in total. The number of carboxylic acid groups (broad SMARTS) is 1. The van der Waals surface area contributed by atoms with Gasteiger partial charge in [-0.25, -0.2) is 14.8 Å². The summed E-state index contributed by atoms with van der Waals surface area (Å²) >= 11 is 0. The van der Waals surface area contributed by atoms with Gasteiger partial charge in [0.05, 0.1) is 0 Å². The first kappa shape index (κ1) is 27.5. The van der Waals surface area contributed by atoms with Gasteiger partial charge < -0.3 is 15.0 Å². The Morgan fingerprint density at radius 3 is 2.26 bits per heavy atom. The first-order valence-corrected chi connectivity index (χ1v) is 12.1. The fourth-order valence-electron chi connectivity index (χ4n) is 3.72. The monoisotopic (exact) mass is 537 g/mol. The molecule has 5 rings (SSSR count). The van der Waals surface area contributed by atoms with E-state index in [1.165, 1.54) is 18.4 Å². The molecular weight excluding hydrogens is 511 g/mol. The highest BCUT2D eigenvalue weighted by atomic mass is 19.4. The van der Waals surface area contributed by atoms with E-state index in [0.717, 1.165) is 34.5 Å². The molecule has 0 saturated heterocycles. The Hall–Kier alpha value is -4.54. The van der Waals surface area contributed by atoms with Gasteiger partial charge in [0, 0.05) is 59.9 Å². The van der Waals surface area contributed by atoms with E-state index in [4.69, 9.17) is 9.90 Å². The van der Waals surface area contributed by atoms with Crippen molar-refractivity contribution in [3.63, 3.8) is 0 Å². The first-order chi connectivity index (χ1) is 18.5. The summed E-state index contributed by atoms with van der Waals surface area (Å²) in [6, 6.07) is 11.7. The highest BCUT2D eigenvalue weighted by molar-refractivity contribution is 6.04. The number of amides is 1. The molecule has 1 saturated carbocycles. The van der Waals surface area contributed by atoms with E-state index in [9.17, 15) is 18.0 Å². The van der Waals surface area contributed by atoms with Gasteiger partial charge in [0.1, 0.15) is 5.69 Å². The Kier molecular flexibility index (Phi) is 8.08. The fourth-order valence-corrected chi connectivity index (χ4v) is 3.72. The second kappa shape index (κ2) is 11.5. The quantitative estimate of drug-likeness (QED) is 0.316. The molecule has 1 amide bonds. The molecule has 4 aromatic rings. The summed E-state index contributed by atoms with van der Waals surface area (Å²) in [6.07, 6.45) is 6.47. The van der Waals surface area contributed by atoms with Crippen LogP contribution in [0.1, 0.15) is 34.5 Å². The lowest BCUT2D eigenvalue weighted by Crippen LogP contribution is -2.21. The highest BCUT2D eigenvalue weighted by Crippen LogP contribution is 2.33. The molecular formula is C28H26F3N5O3. The zero-order valence-electron chi connectivity index (χ0n) is 21.2. The molecule has 1 aliphatic carbocycles. The number of alkyl halides is 3. The number of nitrogens with zero attached hydrogens (tertiary/aromatic N) is 4. The minimum atomic E-state index is -5.08. The van der Waals surface area contributed by atoms with Crippen LogP contribution in [0.25, 0.3) is 22.5 Å². The smallest absolute Gasteiger partial charge is 0.475 e. The molecule has 39 heavy (non-hydrogen) atoms. The summed E-state index contributed by atoms with van der Waals surface area (Å²) in [4.78, 5) is 35.2. The van der Waals surface area contributed by atoms with Crippen LogP contribution in [-0.4, -0.2) is 42.7 Å². The van der Waals surface area contributed by atoms with Gasteiger partial charge in [-0.3, -0.25) is 9.78 Å². The van der Waals surface area contributed by atoms with Crippen LogP contribution in [0.4, 0.5) is 18.9 Å². The number of aromatic nitrogens is 4. The number of benzene rings is 1. The third-order valence-corrected chi connectivity index (χ3v) is 6.19. The van der Waals surface area contributed by atoms with Gasteiger partial charge in [0.25, 0.3) is 5.91 Å². The molecule has 1 fully saturated rings. The maximum absolute atomic E-state index is 13.1. The summed E-state index contributed by atoms with van der Waals surface area (Å²) in [6.45, 7) is 4.97. The summed E-state index contributed by atoms with van der Waals surface area (Å²) < 4.78 is 33.8. The van der Waals surface area contributed by atoms with Crippen LogP contribution in [0.15, 0.2) is 67.4 Å². The number of pyridine rings is 1. The molecule has 11 heteroatoms. The predicted molar refractivity (Wildman–Crippen MR) is 139 cm³/mol. The molecule has 0 radical (unpaired) electrons. The van der Waals surface area contributed by atoms with Crippen LogP contribution in [0.2, 0.25) is 0 Å². The summed E-state index contributed by atoms with van der Waals surface area (Å²) in [5, 5.41) is 10.2. The Morgan fingerprint density at radius 2 is 1.69 bits per heavy atom. The van der Waals surface area contributed by atoms with Gasteiger partial charge in [0.2, 0.25) is 0 Å². The van der Waals surface area contributed by atoms with Crippen molar-refractivity contribution in [2.75, 3.05) is 5.32 Å². The van der Waals surface area contributed by atoms with Crippen LogP contribution >= 0.6 is 0 Å². The molecule has 0 atom stereocenters. The van der Waals surface area contributed by atoms with Crippen LogP contribution in [-0.2, 0) is 11.3 Å². The lowest BCUT2D eigenvalue weighted by Gasteiger charge is -2.10. The fraction of sp³-hybridized carbons (Fsp3) is 0.250. The Morgan fingerprint density at radius 1 is 1.00 bits per heavy atom. The zero-order valence-corrected chi connectivity index (χ0v) is 21.2. The van der Waals surface area contributed by atoms with E-state index in [0.29, 0.717) is 17.4 Å². The van der Waals surface area contributed by atoms with E-state index in [1.807, 2.05) is 49.5 Å². The number of carboxylic acids is 1. The number of carbonyl (C=O) groups is 2.